The van der Waals surface area contributed by atoms with E-state index < -0.39 is 0 Å². The van der Waals surface area contributed by atoms with Crippen molar-refractivity contribution in [3.63, 3.8) is 0 Å². The molecule has 0 spiro atoms. The Morgan fingerprint density at radius 1 is 1.38 bits per heavy atom. The molecule has 1 aromatic heterocycles. The van der Waals surface area contributed by atoms with Crippen LogP contribution < -0.4 is 0 Å². The van der Waals surface area contributed by atoms with Crippen molar-refractivity contribution < 1.29 is 0 Å². The highest BCUT2D eigenvalue weighted by molar-refractivity contribution is 7.17. The summed E-state index contributed by atoms with van der Waals surface area (Å²) >= 11 is 1.53. The molecule has 0 fully saturated rings. The van der Waals surface area contributed by atoms with E-state index in [4.69, 9.17) is 6.57 Å². The van der Waals surface area contributed by atoms with Gasteiger partial charge in [0.15, 0.2) is 0 Å². The molecular formula is C11H13NS. The summed E-state index contributed by atoms with van der Waals surface area (Å²) in [4.78, 5) is 4.52. The lowest BCUT2D eigenvalue weighted by Crippen LogP contribution is -1.97. The number of allylic oxidation sites excluding steroid dienone is 1. The summed E-state index contributed by atoms with van der Waals surface area (Å²) in [6.07, 6.45) is 4.24. The molecule has 0 aromatic carbocycles. The molecule has 0 saturated carbocycles. The Labute approximate surface area is 83.5 Å². The third kappa shape index (κ3) is 3.43. The Morgan fingerprint density at radius 2 is 2.08 bits per heavy atom. The van der Waals surface area contributed by atoms with Gasteiger partial charge in [0.05, 0.1) is 6.57 Å². The van der Waals surface area contributed by atoms with Crippen LogP contribution in [0.2, 0.25) is 0 Å². The van der Waals surface area contributed by atoms with Gasteiger partial charge in [0, 0.05) is 4.88 Å². The summed E-state index contributed by atoms with van der Waals surface area (Å²) in [5.74, 6) is 0. The van der Waals surface area contributed by atoms with E-state index in [0.29, 0.717) is 0 Å². The van der Waals surface area contributed by atoms with Gasteiger partial charge in [-0.25, -0.2) is 4.85 Å². The van der Waals surface area contributed by atoms with E-state index in [9.17, 15) is 0 Å². The van der Waals surface area contributed by atoms with Crippen molar-refractivity contribution in [3.05, 3.63) is 34.5 Å². The lowest BCUT2D eigenvalue weighted by atomic mass is 9.96. The van der Waals surface area contributed by atoms with Gasteiger partial charge in [-0.15, -0.1) is 0 Å². The van der Waals surface area contributed by atoms with Gasteiger partial charge in [0.1, 0.15) is 0 Å². The Balaban J connectivity index is 2.76. The molecule has 0 amide bonds. The molecule has 0 aliphatic carbocycles. The van der Waals surface area contributed by atoms with Crippen LogP contribution >= 0.6 is 11.3 Å². The fourth-order valence-corrected chi connectivity index (χ4v) is 1.52. The quantitative estimate of drug-likeness (QED) is 0.581. The van der Waals surface area contributed by atoms with Crippen molar-refractivity contribution in [2.75, 3.05) is 0 Å². The maximum Gasteiger partial charge on any atom is 0.241 e. The lowest BCUT2D eigenvalue weighted by Gasteiger charge is -2.10. The molecule has 13 heavy (non-hydrogen) atoms. The largest absolute Gasteiger partial charge is 0.241 e. The van der Waals surface area contributed by atoms with Crippen LogP contribution in [0.3, 0.4) is 0 Å². The maximum atomic E-state index is 6.82. The standard InChI is InChI=1S/C11H13NS/c1-11(2,3)8-7-9-5-6-10(12-4)13-9/h5-8H,1-3H3/b8-7+. The van der Waals surface area contributed by atoms with Crippen LogP contribution in [-0.2, 0) is 0 Å². The number of hydrogen-bond acceptors (Lipinski definition) is 1. The zero-order valence-electron chi connectivity index (χ0n) is 8.16. The predicted octanol–water partition coefficient (Wildman–Crippen LogP) is 4.36. The Kier molecular flexibility index (Phi) is 2.90. The first kappa shape index (κ1) is 10.0. The zero-order valence-corrected chi connectivity index (χ0v) is 8.98. The summed E-state index contributed by atoms with van der Waals surface area (Å²) < 4.78 is 0. The van der Waals surface area contributed by atoms with Crippen LogP contribution in [0.25, 0.3) is 10.9 Å². The molecule has 1 heterocycles. The van der Waals surface area contributed by atoms with Gasteiger partial charge in [-0.3, -0.25) is 0 Å². The van der Waals surface area contributed by atoms with Crippen LogP contribution in [0.5, 0.6) is 0 Å². The molecule has 0 aliphatic heterocycles. The van der Waals surface area contributed by atoms with E-state index in [1.165, 1.54) is 11.3 Å². The highest BCUT2D eigenvalue weighted by Crippen LogP contribution is 2.27. The fraction of sp³-hybridized carbons (Fsp3) is 0.364. The van der Waals surface area contributed by atoms with Gasteiger partial charge >= 0.3 is 0 Å². The van der Waals surface area contributed by atoms with Gasteiger partial charge in [-0.2, -0.15) is 11.3 Å². The van der Waals surface area contributed by atoms with E-state index in [2.05, 4.69) is 37.8 Å². The van der Waals surface area contributed by atoms with E-state index in [-0.39, 0.29) is 5.41 Å². The topological polar surface area (TPSA) is 4.36 Å². The van der Waals surface area contributed by atoms with E-state index in [1.807, 2.05) is 12.1 Å². The fourth-order valence-electron chi connectivity index (χ4n) is 0.824. The highest BCUT2D eigenvalue weighted by atomic mass is 32.1. The van der Waals surface area contributed by atoms with Gasteiger partial charge in [0.25, 0.3) is 0 Å². The summed E-state index contributed by atoms with van der Waals surface area (Å²) in [6, 6.07) is 3.85. The molecule has 0 atom stereocenters. The van der Waals surface area contributed by atoms with Crippen molar-refractivity contribution in [2.24, 2.45) is 5.41 Å². The van der Waals surface area contributed by atoms with Crippen molar-refractivity contribution in [1.29, 1.82) is 0 Å². The molecule has 2 heteroatoms. The van der Waals surface area contributed by atoms with Gasteiger partial charge in [-0.1, -0.05) is 32.9 Å². The first-order chi connectivity index (χ1) is 6.01. The average Bonchev–Trinajstić information content (AvgIpc) is 2.47. The third-order valence-electron chi connectivity index (χ3n) is 1.47. The van der Waals surface area contributed by atoms with Crippen molar-refractivity contribution >= 4 is 22.4 Å². The first-order valence-electron chi connectivity index (χ1n) is 4.18. The molecule has 0 radical (unpaired) electrons. The summed E-state index contributed by atoms with van der Waals surface area (Å²) in [5.41, 5.74) is 0.211. The summed E-state index contributed by atoms with van der Waals surface area (Å²) in [5, 5.41) is 0.758. The van der Waals surface area contributed by atoms with Crippen molar-refractivity contribution in [3.8, 4) is 0 Å². The molecule has 0 N–H and O–H groups in total. The van der Waals surface area contributed by atoms with Crippen molar-refractivity contribution in [2.45, 2.75) is 20.8 Å². The maximum absolute atomic E-state index is 6.82. The zero-order chi connectivity index (χ0) is 9.90. The molecule has 1 rings (SSSR count). The Bertz CT molecular complexity index is 347. The lowest BCUT2D eigenvalue weighted by molar-refractivity contribution is 0.547. The molecule has 0 aliphatic rings. The molecule has 0 unspecified atom stereocenters. The number of rotatable bonds is 1. The second kappa shape index (κ2) is 3.76. The molecule has 1 nitrogen and oxygen atoms in total. The third-order valence-corrected chi connectivity index (χ3v) is 2.41. The van der Waals surface area contributed by atoms with Crippen LogP contribution in [0.4, 0.5) is 5.00 Å². The minimum absolute atomic E-state index is 0.211. The van der Waals surface area contributed by atoms with Crippen LogP contribution in [0.1, 0.15) is 25.6 Å². The van der Waals surface area contributed by atoms with E-state index >= 15 is 0 Å². The SMILES string of the molecule is [C-]#[N+]c1ccc(/C=C/C(C)(C)C)s1. The van der Waals surface area contributed by atoms with Crippen LogP contribution in [0, 0.1) is 12.0 Å². The smallest absolute Gasteiger partial charge is 0.227 e. The second-order valence-corrected chi connectivity index (χ2v) is 5.08. The van der Waals surface area contributed by atoms with Gasteiger partial charge < -0.3 is 0 Å². The van der Waals surface area contributed by atoms with Gasteiger partial charge in [-0.05, 0) is 17.6 Å². The molecule has 1 aromatic rings. The van der Waals surface area contributed by atoms with Crippen molar-refractivity contribution in [1.82, 2.24) is 0 Å². The minimum atomic E-state index is 0.211. The Hall–Kier alpha value is -1.07. The Morgan fingerprint density at radius 3 is 2.54 bits per heavy atom. The monoisotopic (exact) mass is 191 g/mol. The molecule has 68 valence electrons. The number of nitrogens with zero attached hydrogens (tertiary/aromatic N) is 1. The predicted molar refractivity (Wildman–Crippen MR) is 59.1 cm³/mol. The first-order valence-corrected chi connectivity index (χ1v) is 4.99. The molecular weight excluding hydrogens is 178 g/mol. The molecule has 0 saturated heterocycles. The van der Waals surface area contributed by atoms with Crippen LogP contribution in [-0.4, -0.2) is 0 Å². The summed E-state index contributed by atoms with van der Waals surface area (Å²) in [7, 11) is 0. The van der Waals surface area contributed by atoms with E-state index in [1.54, 1.807) is 0 Å². The highest BCUT2D eigenvalue weighted by Gasteiger charge is 2.03. The van der Waals surface area contributed by atoms with E-state index in [0.717, 1.165) is 9.88 Å². The van der Waals surface area contributed by atoms with Gasteiger partial charge in [0.2, 0.25) is 5.00 Å². The number of thiophene rings is 1. The molecule has 0 bridgehead atoms. The summed E-state index contributed by atoms with van der Waals surface area (Å²) in [6.45, 7) is 13.3. The second-order valence-electron chi connectivity index (χ2n) is 3.99. The normalized spacial score (nSPS) is 11.8. The number of hydrogen-bond donors (Lipinski definition) is 0. The average molecular weight is 191 g/mol. The minimum Gasteiger partial charge on any atom is -0.227 e. The van der Waals surface area contributed by atoms with Crippen LogP contribution in [0.15, 0.2) is 18.2 Å².